The second-order valence-electron chi connectivity index (χ2n) is 16.5. The molecular weight excluding hydrogens is 722 g/mol. The van der Waals surface area contributed by atoms with E-state index in [9.17, 15) is 0 Å². The molecule has 1 unspecified atom stereocenters. The topological polar surface area (TPSA) is 22.0 Å². The lowest BCUT2D eigenvalue weighted by atomic mass is 9.81. The van der Waals surface area contributed by atoms with E-state index in [1.54, 1.807) is 0 Å². The molecule has 2 aliphatic rings. The van der Waals surface area contributed by atoms with Crippen molar-refractivity contribution in [3.05, 3.63) is 205 Å². The average Bonchev–Trinajstić information content (AvgIpc) is 3.83. The lowest BCUT2D eigenvalue weighted by Crippen LogP contribution is -2.20. The van der Waals surface area contributed by atoms with Crippen LogP contribution in [-0.4, -0.2) is 4.57 Å². The van der Waals surface area contributed by atoms with Gasteiger partial charge in [-0.2, -0.15) is 0 Å². The van der Waals surface area contributed by atoms with E-state index >= 15 is 4.57 Å². The molecule has 0 saturated carbocycles. The van der Waals surface area contributed by atoms with Crippen molar-refractivity contribution >= 4 is 55.6 Å². The number of benzene rings is 9. The van der Waals surface area contributed by atoms with E-state index in [1.165, 1.54) is 55.3 Å². The summed E-state index contributed by atoms with van der Waals surface area (Å²) in [6.45, 7) is 4.73. The van der Waals surface area contributed by atoms with Crippen LogP contribution in [0.4, 0.5) is 0 Å². The maximum atomic E-state index is 15.4. The monoisotopic (exact) mass is 759 g/mol. The van der Waals surface area contributed by atoms with Crippen LogP contribution in [-0.2, 0) is 9.98 Å². The molecule has 2 nitrogen and oxygen atoms in total. The predicted octanol–water partition coefficient (Wildman–Crippen LogP) is 13.2. The highest BCUT2D eigenvalue weighted by atomic mass is 31.2. The molecule has 0 radical (unpaired) electrons. The molecule has 1 atom stereocenters. The van der Waals surface area contributed by atoms with E-state index in [0.29, 0.717) is 0 Å². The van der Waals surface area contributed by atoms with E-state index in [1.807, 2.05) is 36.4 Å². The fourth-order valence-corrected chi connectivity index (χ4v) is 13.1. The summed E-state index contributed by atoms with van der Waals surface area (Å²) in [6, 6.07) is 69.8. The third-order valence-corrected chi connectivity index (χ3v) is 16.1. The van der Waals surface area contributed by atoms with Crippen molar-refractivity contribution in [1.82, 2.24) is 4.57 Å². The highest BCUT2D eigenvalue weighted by molar-refractivity contribution is 7.86. The maximum Gasteiger partial charge on any atom is 0.172 e. The number of nitrogens with zero attached hydrogens (tertiary/aromatic N) is 1. The van der Waals surface area contributed by atoms with Gasteiger partial charge in [-0.15, -0.1) is 0 Å². The highest BCUT2D eigenvalue weighted by Gasteiger charge is 2.41. The molecule has 0 saturated heterocycles. The molecule has 10 aromatic rings. The minimum absolute atomic E-state index is 0.139. The first-order valence-electron chi connectivity index (χ1n) is 20.1. The SMILES string of the molecule is CC1(C)c2cc(-c3ccc(-n4c5ccccc5c5cc6c(cc54)-c4ccccc4P6(=O)c4ccccc4)cc3)ccc2-c2ccc(-c3ccc4ccccc4c3)cc21. The van der Waals surface area contributed by atoms with E-state index in [-0.39, 0.29) is 5.41 Å². The van der Waals surface area contributed by atoms with Crippen molar-refractivity contribution in [2.24, 2.45) is 0 Å². The number of hydrogen-bond acceptors (Lipinski definition) is 1. The molecule has 0 bridgehead atoms. The highest BCUT2D eigenvalue weighted by Crippen LogP contribution is 2.54. The summed E-state index contributed by atoms with van der Waals surface area (Å²) in [4.78, 5) is 0. The largest absolute Gasteiger partial charge is 0.309 e. The maximum absolute atomic E-state index is 15.4. The third-order valence-electron chi connectivity index (χ3n) is 13.0. The van der Waals surface area contributed by atoms with Gasteiger partial charge in [-0.3, -0.25) is 0 Å². The van der Waals surface area contributed by atoms with Crippen LogP contribution in [0.5, 0.6) is 0 Å². The van der Waals surface area contributed by atoms with Crippen molar-refractivity contribution < 1.29 is 4.57 Å². The summed E-state index contributed by atoms with van der Waals surface area (Å²) in [5.41, 5.74) is 15.6. The van der Waals surface area contributed by atoms with Crippen LogP contribution in [0, 0.1) is 0 Å². The number of para-hydroxylation sites is 1. The van der Waals surface area contributed by atoms with Crippen molar-refractivity contribution in [2.45, 2.75) is 19.3 Å². The molecule has 9 aromatic carbocycles. The van der Waals surface area contributed by atoms with Gasteiger partial charge in [-0.25, -0.2) is 0 Å². The van der Waals surface area contributed by atoms with E-state index in [4.69, 9.17) is 0 Å². The van der Waals surface area contributed by atoms with E-state index in [2.05, 4.69) is 176 Å². The van der Waals surface area contributed by atoms with Crippen molar-refractivity contribution in [3.63, 3.8) is 0 Å². The Kier molecular flexibility index (Phi) is 6.99. The summed E-state index contributed by atoms with van der Waals surface area (Å²) in [5.74, 6) is 0. The number of fused-ring (bicyclic) bond motifs is 10. The molecule has 3 heteroatoms. The Balaban J connectivity index is 0.937. The Bertz CT molecular complexity index is 3390. The van der Waals surface area contributed by atoms with Crippen molar-refractivity contribution in [1.29, 1.82) is 0 Å². The summed E-state index contributed by atoms with van der Waals surface area (Å²) in [6.07, 6.45) is 0. The smallest absolute Gasteiger partial charge is 0.172 e. The van der Waals surface area contributed by atoms with Gasteiger partial charge in [0.15, 0.2) is 7.14 Å². The Morgan fingerprint density at radius 2 is 1.02 bits per heavy atom. The average molecular weight is 760 g/mol. The van der Waals surface area contributed by atoms with Crippen molar-refractivity contribution in [2.75, 3.05) is 0 Å². The van der Waals surface area contributed by atoms with Crippen LogP contribution in [0.3, 0.4) is 0 Å². The van der Waals surface area contributed by atoms with Crippen LogP contribution in [0.2, 0.25) is 0 Å². The Morgan fingerprint density at radius 3 is 1.79 bits per heavy atom. The number of aromatic nitrogens is 1. The lowest BCUT2D eigenvalue weighted by Gasteiger charge is -2.22. The molecular formula is C55H38NOP. The first-order chi connectivity index (χ1) is 28.4. The van der Waals surface area contributed by atoms with Gasteiger partial charge in [-0.1, -0.05) is 159 Å². The predicted molar refractivity (Wildman–Crippen MR) is 245 cm³/mol. The van der Waals surface area contributed by atoms with Gasteiger partial charge in [0.05, 0.1) is 11.0 Å². The minimum atomic E-state index is -3.06. The summed E-state index contributed by atoms with van der Waals surface area (Å²) in [5, 5.41) is 7.54. The van der Waals surface area contributed by atoms with Gasteiger partial charge in [0.25, 0.3) is 0 Å². The van der Waals surface area contributed by atoms with Crippen LogP contribution < -0.4 is 15.9 Å². The molecule has 1 aliphatic heterocycles. The quantitative estimate of drug-likeness (QED) is 0.164. The summed E-state index contributed by atoms with van der Waals surface area (Å²) in [7, 11) is -3.06. The molecule has 12 rings (SSSR count). The zero-order chi connectivity index (χ0) is 38.8. The first kappa shape index (κ1) is 33.4. The van der Waals surface area contributed by atoms with Gasteiger partial charge in [-0.05, 0) is 115 Å². The summed E-state index contributed by atoms with van der Waals surface area (Å²) < 4.78 is 17.7. The zero-order valence-corrected chi connectivity index (χ0v) is 33.2. The van der Waals surface area contributed by atoms with Gasteiger partial charge in [0.1, 0.15) is 0 Å². The molecule has 0 spiro atoms. The Labute approximate surface area is 338 Å². The molecule has 58 heavy (non-hydrogen) atoms. The Morgan fingerprint density at radius 1 is 0.414 bits per heavy atom. The lowest BCUT2D eigenvalue weighted by molar-refractivity contribution is 0.593. The number of rotatable bonds is 4. The van der Waals surface area contributed by atoms with Gasteiger partial charge < -0.3 is 9.13 Å². The molecule has 2 heterocycles. The molecule has 0 N–H and O–H groups in total. The van der Waals surface area contributed by atoms with Crippen LogP contribution >= 0.6 is 7.14 Å². The first-order valence-corrected chi connectivity index (χ1v) is 21.8. The van der Waals surface area contributed by atoms with Crippen LogP contribution in [0.25, 0.3) is 82.8 Å². The molecule has 1 aromatic heterocycles. The fraction of sp³-hybridized carbons (Fsp3) is 0.0545. The molecule has 1 aliphatic carbocycles. The second-order valence-corrected chi connectivity index (χ2v) is 19.2. The minimum Gasteiger partial charge on any atom is -0.309 e. The normalized spacial score (nSPS) is 16.0. The Hall–Kier alpha value is -6.73. The third kappa shape index (κ3) is 4.64. The molecule has 0 fully saturated rings. The summed E-state index contributed by atoms with van der Waals surface area (Å²) >= 11 is 0. The molecule has 0 amide bonds. The number of hydrogen-bond donors (Lipinski definition) is 0. The van der Waals surface area contributed by atoms with Crippen molar-refractivity contribution in [3.8, 4) is 50.2 Å². The molecule has 274 valence electrons. The van der Waals surface area contributed by atoms with E-state index < -0.39 is 7.14 Å². The van der Waals surface area contributed by atoms with Crippen LogP contribution in [0.15, 0.2) is 194 Å². The van der Waals surface area contributed by atoms with Crippen LogP contribution in [0.1, 0.15) is 25.0 Å². The zero-order valence-electron chi connectivity index (χ0n) is 32.3. The van der Waals surface area contributed by atoms with Gasteiger partial charge in [0.2, 0.25) is 0 Å². The standard InChI is InChI=1S/C55H38NOP/c1-55(2)49-31-39(24-28-43(49)44-29-25-40(32-50(44)55)38-21-20-35-12-6-7-13-37(35)30-38)36-22-26-41(27-23-36)56-51-18-10-8-16-45(51)47-34-54-48(33-52(47)56)46-17-9-11-19-53(46)58(54,57)42-14-4-3-5-15-42/h3-34H,1-2H3. The fourth-order valence-electron chi connectivity index (χ4n) is 10.0. The van der Waals surface area contributed by atoms with Gasteiger partial charge >= 0.3 is 0 Å². The van der Waals surface area contributed by atoms with E-state index in [0.717, 1.165) is 54.5 Å². The second kappa shape index (κ2) is 12.1. The van der Waals surface area contributed by atoms with Gasteiger partial charge in [0, 0.05) is 37.8 Å².